The van der Waals surface area contributed by atoms with E-state index in [0.717, 1.165) is 16.8 Å². The number of hydrogen-bond donors (Lipinski definition) is 1. The van der Waals surface area contributed by atoms with E-state index >= 15 is 0 Å². The van der Waals surface area contributed by atoms with Crippen LogP contribution in [-0.4, -0.2) is 48.9 Å². The number of fused-ring (bicyclic) bond motifs is 1. The molecule has 0 bridgehead atoms. The van der Waals surface area contributed by atoms with Crippen molar-refractivity contribution in [3.8, 4) is 0 Å². The first kappa shape index (κ1) is 16.2. The summed E-state index contributed by atoms with van der Waals surface area (Å²) in [6, 6.07) is 1.90. The molecule has 2 fully saturated rings. The van der Waals surface area contributed by atoms with E-state index in [4.69, 9.17) is 0 Å². The Hall–Kier alpha value is -1.63. The second kappa shape index (κ2) is 5.47. The first-order valence-corrected chi connectivity index (χ1v) is 9.66. The number of aryl methyl sites for hydroxylation is 2. The molecule has 0 aromatic carbocycles. The van der Waals surface area contributed by atoms with Gasteiger partial charge in [0.2, 0.25) is 0 Å². The maximum absolute atomic E-state index is 12.4. The molecule has 0 spiro atoms. The number of carbonyl (C=O) groups excluding carboxylic acids is 1. The highest BCUT2D eigenvalue weighted by atomic mass is 32.2. The molecule has 23 heavy (non-hydrogen) atoms. The second-order valence-electron chi connectivity index (χ2n) is 7.22. The molecule has 0 radical (unpaired) electrons. The van der Waals surface area contributed by atoms with E-state index in [0.29, 0.717) is 19.6 Å². The topological polar surface area (TPSA) is 79.4 Å². The molecule has 2 atom stereocenters. The van der Waals surface area contributed by atoms with E-state index in [9.17, 15) is 13.2 Å². The molecular weight excluding hydrogens is 314 g/mol. The summed E-state index contributed by atoms with van der Waals surface area (Å²) >= 11 is 0. The maximum Gasteiger partial charge on any atom is 0.317 e. The van der Waals surface area contributed by atoms with Gasteiger partial charge in [-0.25, -0.2) is 13.2 Å². The van der Waals surface area contributed by atoms with E-state index in [1.54, 1.807) is 11.1 Å². The van der Waals surface area contributed by atoms with Gasteiger partial charge in [-0.15, -0.1) is 0 Å². The predicted molar refractivity (Wildman–Crippen MR) is 87.8 cm³/mol. The summed E-state index contributed by atoms with van der Waals surface area (Å²) in [6.07, 6.45) is 1.79. The van der Waals surface area contributed by atoms with Crippen molar-refractivity contribution in [3.63, 3.8) is 0 Å². The third-order valence-corrected chi connectivity index (χ3v) is 7.01. The van der Waals surface area contributed by atoms with Crippen LogP contribution in [0.25, 0.3) is 0 Å². The number of hydrogen-bond acceptors (Lipinski definition) is 4. The molecule has 1 aromatic rings. The van der Waals surface area contributed by atoms with Crippen molar-refractivity contribution in [1.29, 1.82) is 0 Å². The highest BCUT2D eigenvalue weighted by Crippen LogP contribution is 2.43. The Kier molecular flexibility index (Phi) is 3.86. The number of amides is 2. The minimum absolute atomic E-state index is 0.0532. The molecule has 0 unspecified atom stereocenters. The monoisotopic (exact) mass is 337 g/mol. The summed E-state index contributed by atoms with van der Waals surface area (Å²) in [5.41, 5.74) is 2.71. The standard InChI is InChI=1S/C16H23N3O3S/c1-11-4-12(2)14(17-5-11)6-18-15(20)19-7-13-8-23(21,22)10-16(13,3)9-19/h4-5,13H,6-10H2,1-3H3,(H,18,20)/t13-,16+/m1/s1. The zero-order valence-corrected chi connectivity index (χ0v) is 14.6. The smallest absolute Gasteiger partial charge is 0.317 e. The largest absolute Gasteiger partial charge is 0.332 e. The van der Waals surface area contributed by atoms with Crippen LogP contribution in [0.4, 0.5) is 4.79 Å². The molecular formula is C16H23N3O3S. The van der Waals surface area contributed by atoms with Crippen LogP contribution >= 0.6 is 0 Å². The van der Waals surface area contributed by atoms with E-state index in [1.807, 2.05) is 26.8 Å². The highest BCUT2D eigenvalue weighted by molar-refractivity contribution is 7.91. The van der Waals surface area contributed by atoms with Crippen LogP contribution in [-0.2, 0) is 16.4 Å². The van der Waals surface area contributed by atoms with Gasteiger partial charge in [0.15, 0.2) is 9.84 Å². The normalized spacial score (nSPS) is 28.7. The van der Waals surface area contributed by atoms with Crippen molar-refractivity contribution in [2.75, 3.05) is 24.6 Å². The summed E-state index contributed by atoms with van der Waals surface area (Å²) in [5.74, 6) is 0.441. The van der Waals surface area contributed by atoms with Crippen molar-refractivity contribution >= 4 is 15.9 Å². The minimum Gasteiger partial charge on any atom is -0.332 e. The number of sulfone groups is 1. The van der Waals surface area contributed by atoms with E-state index in [-0.39, 0.29) is 28.9 Å². The third kappa shape index (κ3) is 3.20. The minimum atomic E-state index is -2.95. The van der Waals surface area contributed by atoms with Gasteiger partial charge < -0.3 is 10.2 Å². The number of nitrogens with one attached hydrogen (secondary N) is 1. The first-order chi connectivity index (χ1) is 10.7. The molecule has 126 valence electrons. The lowest BCUT2D eigenvalue weighted by Crippen LogP contribution is -2.40. The van der Waals surface area contributed by atoms with Crippen molar-refractivity contribution in [2.24, 2.45) is 11.3 Å². The average molecular weight is 337 g/mol. The number of likely N-dealkylation sites (tertiary alicyclic amines) is 1. The van der Waals surface area contributed by atoms with Crippen LogP contribution in [0.1, 0.15) is 23.7 Å². The molecule has 2 saturated heterocycles. The fourth-order valence-corrected chi connectivity index (χ4v) is 6.33. The van der Waals surface area contributed by atoms with Gasteiger partial charge in [-0.1, -0.05) is 13.0 Å². The first-order valence-electron chi connectivity index (χ1n) is 7.84. The van der Waals surface area contributed by atoms with Gasteiger partial charge in [-0.05, 0) is 30.9 Å². The molecule has 3 rings (SSSR count). The molecule has 3 heterocycles. The van der Waals surface area contributed by atoms with Crippen LogP contribution in [0.5, 0.6) is 0 Å². The van der Waals surface area contributed by atoms with Crippen LogP contribution in [0.15, 0.2) is 12.3 Å². The summed E-state index contributed by atoms with van der Waals surface area (Å²) in [6.45, 7) is 7.35. The zero-order valence-electron chi connectivity index (χ0n) is 13.8. The van der Waals surface area contributed by atoms with E-state index in [1.165, 1.54) is 0 Å². The second-order valence-corrected chi connectivity index (χ2v) is 9.33. The highest BCUT2D eigenvalue weighted by Gasteiger charge is 2.53. The van der Waals surface area contributed by atoms with E-state index < -0.39 is 9.84 Å². The Morgan fingerprint density at radius 1 is 1.48 bits per heavy atom. The number of urea groups is 1. The van der Waals surface area contributed by atoms with Crippen molar-refractivity contribution in [3.05, 3.63) is 29.1 Å². The number of rotatable bonds is 2. The maximum atomic E-state index is 12.4. The van der Waals surface area contributed by atoms with Gasteiger partial charge in [-0.3, -0.25) is 4.98 Å². The number of nitrogens with zero attached hydrogens (tertiary/aromatic N) is 2. The number of aromatic nitrogens is 1. The summed E-state index contributed by atoms with van der Waals surface area (Å²) < 4.78 is 23.5. The summed E-state index contributed by atoms with van der Waals surface area (Å²) in [7, 11) is -2.95. The molecule has 0 saturated carbocycles. The van der Waals surface area contributed by atoms with Crippen molar-refractivity contribution < 1.29 is 13.2 Å². The molecule has 7 heteroatoms. The van der Waals surface area contributed by atoms with Crippen LogP contribution in [0.3, 0.4) is 0 Å². The fourth-order valence-electron chi connectivity index (χ4n) is 3.76. The Balaban J connectivity index is 1.60. The lowest BCUT2D eigenvalue weighted by Gasteiger charge is -2.22. The number of pyridine rings is 1. The van der Waals surface area contributed by atoms with Gasteiger partial charge >= 0.3 is 6.03 Å². The van der Waals surface area contributed by atoms with Gasteiger partial charge in [0.05, 0.1) is 23.7 Å². The van der Waals surface area contributed by atoms with Crippen molar-refractivity contribution in [2.45, 2.75) is 27.3 Å². The van der Waals surface area contributed by atoms with Gasteiger partial charge in [0.1, 0.15) is 0 Å². The van der Waals surface area contributed by atoms with Crippen molar-refractivity contribution in [1.82, 2.24) is 15.2 Å². The Morgan fingerprint density at radius 2 is 2.22 bits per heavy atom. The zero-order chi connectivity index (χ0) is 16.8. The molecule has 2 aliphatic rings. The molecule has 1 N–H and O–H groups in total. The predicted octanol–water partition coefficient (Wildman–Crippen LogP) is 1.27. The summed E-state index contributed by atoms with van der Waals surface area (Å²) in [5, 5.41) is 2.90. The van der Waals surface area contributed by atoms with Crippen LogP contribution in [0, 0.1) is 25.2 Å². The average Bonchev–Trinajstić information content (AvgIpc) is 2.83. The summed E-state index contributed by atoms with van der Waals surface area (Å²) in [4.78, 5) is 18.5. The molecule has 1 aromatic heterocycles. The SMILES string of the molecule is Cc1cnc(CNC(=O)N2C[C@@H]3CS(=O)(=O)C[C@]3(C)C2)c(C)c1. The van der Waals surface area contributed by atoms with Gasteiger partial charge in [0, 0.05) is 24.7 Å². The van der Waals surface area contributed by atoms with E-state index in [2.05, 4.69) is 10.3 Å². The molecule has 2 amide bonds. The Labute approximate surface area is 137 Å². The lowest BCUT2D eigenvalue weighted by molar-refractivity contribution is 0.203. The molecule has 0 aliphatic carbocycles. The van der Waals surface area contributed by atoms with Gasteiger partial charge in [0.25, 0.3) is 0 Å². The fraction of sp³-hybridized carbons (Fsp3) is 0.625. The molecule has 2 aliphatic heterocycles. The molecule has 6 nitrogen and oxygen atoms in total. The number of carbonyl (C=O) groups is 1. The van der Waals surface area contributed by atoms with Gasteiger partial charge in [-0.2, -0.15) is 0 Å². The Bertz CT molecular complexity index is 747. The third-order valence-electron chi connectivity index (χ3n) is 5.00. The van der Waals surface area contributed by atoms with Crippen LogP contribution < -0.4 is 5.32 Å². The van der Waals surface area contributed by atoms with Crippen LogP contribution in [0.2, 0.25) is 0 Å². The lowest BCUT2D eigenvalue weighted by atomic mass is 9.84. The Morgan fingerprint density at radius 3 is 2.87 bits per heavy atom. The quantitative estimate of drug-likeness (QED) is 0.881.